The van der Waals surface area contributed by atoms with Crippen molar-refractivity contribution in [2.75, 3.05) is 32.5 Å². The normalized spacial score (nSPS) is 27.4. The minimum absolute atomic E-state index is 0.364. The Bertz CT molecular complexity index is 218. The number of rotatable bonds is 5. The highest BCUT2D eigenvalue weighted by Gasteiger charge is 2.27. The molecule has 1 heterocycles. The maximum atomic E-state index is 5.86. The van der Waals surface area contributed by atoms with Crippen LogP contribution in [0.3, 0.4) is 0 Å². The number of likely N-dealkylation sites (tertiary alicyclic amines) is 1. The number of ether oxygens (including phenoxy) is 1. The Hall–Kier alpha value is 0.230. The van der Waals surface area contributed by atoms with Crippen molar-refractivity contribution in [3.05, 3.63) is 0 Å². The molecule has 102 valence electrons. The van der Waals surface area contributed by atoms with Crippen LogP contribution < -0.4 is 5.73 Å². The van der Waals surface area contributed by atoms with Gasteiger partial charge in [0, 0.05) is 43.3 Å². The van der Waals surface area contributed by atoms with Gasteiger partial charge in [-0.25, -0.2) is 0 Å². The summed E-state index contributed by atoms with van der Waals surface area (Å²) in [7, 11) is 1.81. The number of methoxy groups -OCH3 is 1. The fraction of sp³-hybridized carbons (Fsp3) is 1.00. The summed E-state index contributed by atoms with van der Waals surface area (Å²) in [6, 6.07) is 0.509. The van der Waals surface area contributed by atoms with Crippen molar-refractivity contribution in [1.29, 1.82) is 0 Å². The number of nitrogens with two attached hydrogens (primary N) is 1. The second kappa shape index (κ2) is 6.98. The predicted molar refractivity (Wildman–Crippen MR) is 76.7 cm³/mol. The average molecular weight is 260 g/mol. The maximum absolute atomic E-state index is 5.86. The molecule has 2 N–H and O–H groups in total. The van der Waals surface area contributed by atoms with Gasteiger partial charge < -0.3 is 10.5 Å². The lowest BCUT2D eigenvalue weighted by Crippen LogP contribution is -2.49. The minimum atomic E-state index is 0.364. The summed E-state index contributed by atoms with van der Waals surface area (Å²) in [5.41, 5.74) is 5.86. The van der Waals surface area contributed by atoms with Gasteiger partial charge in [-0.3, -0.25) is 4.90 Å². The van der Waals surface area contributed by atoms with E-state index in [1.165, 1.54) is 5.75 Å². The molecule has 0 radical (unpaired) electrons. The highest BCUT2D eigenvalue weighted by Crippen LogP contribution is 2.24. The molecule has 0 saturated carbocycles. The van der Waals surface area contributed by atoms with Crippen LogP contribution in [0.25, 0.3) is 0 Å². The standard InChI is InChI=1S/C13H28N2OS/c1-13(2,3)17-8-7-15-6-5-12(16-4)9-11(15)10-14/h11-12H,5-10,14H2,1-4H3. The molecular formula is C13H28N2OS. The zero-order valence-corrected chi connectivity index (χ0v) is 12.6. The maximum Gasteiger partial charge on any atom is 0.0599 e. The first kappa shape index (κ1) is 15.3. The van der Waals surface area contributed by atoms with Crippen LogP contribution in [0.5, 0.6) is 0 Å². The van der Waals surface area contributed by atoms with E-state index in [0.29, 0.717) is 16.9 Å². The molecule has 0 amide bonds. The lowest BCUT2D eigenvalue weighted by atomic mass is 9.99. The van der Waals surface area contributed by atoms with Crippen LogP contribution in [0.15, 0.2) is 0 Å². The van der Waals surface area contributed by atoms with Gasteiger partial charge >= 0.3 is 0 Å². The summed E-state index contributed by atoms with van der Waals surface area (Å²) in [6.07, 6.45) is 2.65. The first-order chi connectivity index (χ1) is 7.96. The van der Waals surface area contributed by atoms with Gasteiger partial charge in [0.25, 0.3) is 0 Å². The number of piperidine rings is 1. The van der Waals surface area contributed by atoms with Gasteiger partial charge in [-0.2, -0.15) is 11.8 Å². The van der Waals surface area contributed by atoms with Gasteiger partial charge in [0.2, 0.25) is 0 Å². The molecule has 2 atom stereocenters. The van der Waals surface area contributed by atoms with Crippen molar-refractivity contribution in [1.82, 2.24) is 4.90 Å². The Labute approximate surface area is 110 Å². The smallest absolute Gasteiger partial charge is 0.0599 e. The zero-order chi connectivity index (χ0) is 12.9. The Morgan fingerprint density at radius 3 is 2.65 bits per heavy atom. The van der Waals surface area contributed by atoms with E-state index in [1.54, 1.807) is 0 Å². The molecule has 1 saturated heterocycles. The van der Waals surface area contributed by atoms with Crippen LogP contribution in [-0.2, 0) is 4.74 Å². The van der Waals surface area contributed by atoms with E-state index < -0.39 is 0 Å². The van der Waals surface area contributed by atoms with Gasteiger partial charge in [-0.1, -0.05) is 20.8 Å². The summed E-state index contributed by atoms with van der Waals surface area (Å²) in [5.74, 6) is 1.19. The molecule has 0 aromatic rings. The molecule has 1 rings (SSSR count). The highest BCUT2D eigenvalue weighted by atomic mass is 32.2. The average Bonchev–Trinajstić information content (AvgIpc) is 2.27. The molecule has 0 aromatic carbocycles. The third-order valence-corrected chi connectivity index (χ3v) is 4.56. The summed E-state index contributed by atoms with van der Waals surface area (Å²) in [4.78, 5) is 2.54. The summed E-state index contributed by atoms with van der Waals surface area (Å²) in [5, 5.41) is 0. The third-order valence-electron chi connectivity index (χ3n) is 3.31. The molecule has 4 heteroatoms. The van der Waals surface area contributed by atoms with E-state index in [-0.39, 0.29) is 0 Å². The second-order valence-corrected chi connectivity index (χ2v) is 7.69. The van der Waals surface area contributed by atoms with Crippen molar-refractivity contribution < 1.29 is 4.74 Å². The molecule has 0 aliphatic carbocycles. The van der Waals surface area contributed by atoms with Crippen LogP contribution in [0.4, 0.5) is 0 Å². The van der Waals surface area contributed by atoms with E-state index in [1.807, 2.05) is 18.9 Å². The largest absolute Gasteiger partial charge is 0.381 e. The van der Waals surface area contributed by atoms with Gasteiger partial charge in [-0.15, -0.1) is 0 Å². The second-order valence-electron chi connectivity index (χ2n) is 5.77. The third kappa shape index (κ3) is 5.60. The Balaban J connectivity index is 2.32. The number of hydrogen-bond donors (Lipinski definition) is 1. The summed E-state index contributed by atoms with van der Waals surface area (Å²) < 4.78 is 5.81. The minimum Gasteiger partial charge on any atom is -0.381 e. The van der Waals surface area contributed by atoms with E-state index >= 15 is 0 Å². The van der Waals surface area contributed by atoms with Crippen LogP contribution >= 0.6 is 11.8 Å². The molecule has 2 unspecified atom stereocenters. The zero-order valence-electron chi connectivity index (χ0n) is 11.7. The van der Waals surface area contributed by atoms with Gasteiger partial charge in [-0.05, 0) is 12.8 Å². The fourth-order valence-corrected chi connectivity index (χ4v) is 3.22. The van der Waals surface area contributed by atoms with Gasteiger partial charge in [0.05, 0.1) is 6.10 Å². The van der Waals surface area contributed by atoms with Gasteiger partial charge in [0.15, 0.2) is 0 Å². The quantitative estimate of drug-likeness (QED) is 0.820. The number of nitrogens with zero attached hydrogens (tertiary/aromatic N) is 1. The molecule has 1 aliphatic rings. The fourth-order valence-electron chi connectivity index (χ4n) is 2.29. The topological polar surface area (TPSA) is 38.5 Å². The Kier molecular flexibility index (Phi) is 6.27. The van der Waals surface area contributed by atoms with E-state index in [2.05, 4.69) is 25.7 Å². The molecule has 0 spiro atoms. The van der Waals surface area contributed by atoms with Crippen molar-refractivity contribution in [2.24, 2.45) is 5.73 Å². The van der Waals surface area contributed by atoms with Gasteiger partial charge in [0.1, 0.15) is 0 Å². The van der Waals surface area contributed by atoms with E-state index in [4.69, 9.17) is 10.5 Å². The molecule has 0 aromatic heterocycles. The Morgan fingerprint density at radius 2 is 2.12 bits per heavy atom. The number of hydrogen-bond acceptors (Lipinski definition) is 4. The van der Waals surface area contributed by atoms with Crippen LogP contribution in [0, 0.1) is 0 Å². The van der Waals surface area contributed by atoms with Crippen molar-refractivity contribution in [3.63, 3.8) is 0 Å². The van der Waals surface area contributed by atoms with Crippen molar-refractivity contribution in [3.8, 4) is 0 Å². The molecule has 1 fully saturated rings. The lowest BCUT2D eigenvalue weighted by Gasteiger charge is -2.38. The molecule has 0 bridgehead atoms. The predicted octanol–water partition coefficient (Wildman–Crippen LogP) is 1.96. The molecule has 3 nitrogen and oxygen atoms in total. The molecule has 17 heavy (non-hydrogen) atoms. The molecular weight excluding hydrogens is 232 g/mol. The number of thioether (sulfide) groups is 1. The highest BCUT2D eigenvalue weighted by molar-refractivity contribution is 8.00. The SMILES string of the molecule is COC1CCN(CCSC(C)(C)C)C(CN)C1. The Morgan fingerprint density at radius 1 is 1.41 bits per heavy atom. The lowest BCUT2D eigenvalue weighted by molar-refractivity contribution is 0.0158. The van der Waals surface area contributed by atoms with Crippen molar-refractivity contribution >= 4 is 11.8 Å². The van der Waals surface area contributed by atoms with Crippen LogP contribution in [0.1, 0.15) is 33.6 Å². The summed E-state index contributed by atoms with van der Waals surface area (Å²) >= 11 is 2.03. The van der Waals surface area contributed by atoms with E-state index in [9.17, 15) is 0 Å². The van der Waals surface area contributed by atoms with Crippen LogP contribution in [0.2, 0.25) is 0 Å². The first-order valence-corrected chi connectivity index (χ1v) is 7.55. The first-order valence-electron chi connectivity index (χ1n) is 6.57. The van der Waals surface area contributed by atoms with Crippen LogP contribution in [-0.4, -0.2) is 54.3 Å². The van der Waals surface area contributed by atoms with E-state index in [0.717, 1.165) is 32.5 Å². The van der Waals surface area contributed by atoms with Crippen molar-refractivity contribution in [2.45, 2.75) is 50.5 Å². The molecule has 1 aliphatic heterocycles. The monoisotopic (exact) mass is 260 g/mol. The summed E-state index contributed by atoms with van der Waals surface area (Å²) in [6.45, 7) is 9.85.